The van der Waals surface area contributed by atoms with Gasteiger partial charge in [-0.15, -0.1) is 10.2 Å². The summed E-state index contributed by atoms with van der Waals surface area (Å²) in [4.78, 5) is 19.6. The van der Waals surface area contributed by atoms with Crippen molar-refractivity contribution in [3.63, 3.8) is 0 Å². The van der Waals surface area contributed by atoms with Crippen molar-refractivity contribution < 1.29 is 9.90 Å². The zero-order valence-corrected chi connectivity index (χ0v) is 22.7. The Morgan fingerprint density at radius 2 is 1.87 bits per heavy atom. The van der Waals surface area contributed by atoms with Crippen molar-refractivity contribution in [2.45, 2.75) is 65.6 Å². The van der Waals surface area contributed by atoms with Crippen LogP contribution in [0.1, 0.15) is 60.2 Å². The van der Waals surface area contributed by atoms with Crippen LogP contribution in [0.3, 0.4) is 0 Å². The number of fused-ring (bicyclic) bond motifs is 1. The summed E-state index contributed by atoms with van der Waals surface area (Å²) < 4.78 is 3.61. The first-order valence-electron chi connectivity index (χ1n) is 13.0. The molecule has 1 aliphatic rings. The average molecular weight is 526 g/mol. The minimum absolute atomic E-state index is 0.277. The van der Waals surface area contributed by atoms with E-state index in [1.165, 1.54) is 0 Å². The number of anilines is 1. The van der Waals surface area contributed by atoms with Crippen LogP contribution in [-0.2, 0) is 6.54 Å². The molecule has 2 N–H and O–H groups in total. The Morgan fingerprint density at radius 1 is 1.10 bits per heavy atom. The number of amides is 1. The number of hydrogen-bond donors (Lipinski definition) is 2. The molecule has 0 bridgehead atoms. The molecule has 11 heteroatoms. The number of tetrazole rings is 1. The highest BCUT2D eigenvalue weighted by Crippen LogP contribution is 2.34. The molecule has 0 aliphatic heterocycles. The third-order valence-electron chi connectivity index (χ3n) is 6.99. The van der Waals surface area contributed by atoms with Crippen LogP contribution in [-0.4, -0.2) is 56.0 Å². The smallest absolute Gasteiger partial charge is 0.274 e. The van der Waals surface area contributed by atoms with E-state index in [0.717, 1.165) is 46.5 Å². The molecule has 0 atom stereocenters. The van der Waals surface area contributed by atoms with Gasteiger partial charge in [0.2, 0.25) is 5.82 Å². The van der Waals surface area contributed by atoms with Crippen molar-refractivity contribution in [1.82, 2.24) is 39.4 Å². The third kappa shape index (κ3) is 4.81. The van der Waals surface area contributed by atoms with E-state index >= 15 is 0 Å². The molecule has 5 aromatic rings. The van der Waals surface area contributed by atoms with Gasteiger partial charge >= 0.3 is 0 Å². The minimum atomic E-state index is -0.890. The van der Waals surface area contributed by atoms with E-state index in [9.17, 15) is 9.90 Å². The first kappa shape index (κ1) is 24.9. The highest BCUT2D eigenvalue weighted by molar-refractivity contribution is 6.04. The molecular weight excluding hydrogens is 494 g/mol. The van der Waals surface area contributed by atoms with Crippen molar-refractivity contribution in [3.8, 4) is 22.5 Å². The Balaban J connectivity index is 1.30. The molecule has 0 unspecified atom stereocenters. The van der Waals surface area contributed by atoms with Crippen LogP contribution in [0.2, 0.25) is 0 Å². The number of imidazole rings is 1. The molecule has 4 aromatic heterocycles. The number of carbonyl (C=O) groups excluding carboxylic acids is 1. The standard InChI is InChI=1S/C28H31N9O2/c1-16-6-7-19(26-31-34-37(33-26)21-9-10-21)12-22(16)30-27(38)23-13-29-24-11-8-20(14-35(23)24)25-17(2)32-36(18(25)3)15-28(4,5)39/h6-8,11-14,21,39H,9-10,15H2,1-5H3,(H,30,38). The van der Waals surface area contributed by atoms with Crippen LogP contribution < -0.4 is 5.32 Å². The van der Waals surface area contributed by atoms with Gasteiger partial charge in [0.05, 0.1) is 30.1 Å². The Kier molecular flexibility index (Phi) is 5.83. The van der Waals surface area contributed by atoms with Crippen molar-refractivity contribution in [3.05, 3.63) is 65.4 Å². The highest BCUT2D eigenvalue weighted by atomic mass is 16.3. The van der Waals surface area contributed by atoms with Crippen LogP contribution in [0, 0.1) is 20.8 Å². The van der Waals surface area contributed by atoms with Gasteiger partial charge in [0.1, 0.15) is 11.3 Å². The number of rotatable bonds is 7. The molecule has 6 rings (SSSR count). The number of aromatic nitrogens is 8. The first-order chi connectivity index (χ1) is 18.6. The zero-order chi connectivity index (χ0) is 27.5. The second-order valence-corrected chi connectivity index (χ2v) is 11.0. The Hall–Kier alpha value is -4.38. The monoisotopic (exact) mass is 525 g/mol. The minimum Gasteiger partial charge on any atom is -0.389 e. The van der Waals surface area contributed by atoms with Crippen LogP contribution in [0.25, 0.3) is 28.2 Å². The van der Waals surface area contributed by atoms with E-state index in [0.29, 0.717) is 35.4 Å². The third-order valence-corrected chi connectivity index (χ3v) is 6.99. The van der Waals surface area contributed by atoms with Gasteiger partial charge in [0.25, 0.3) is 5.91 Å². The summed E-state index contributed by atoms with van der Waals surface area (Å²) in [5, 5.41) is 30.9. The molecule has 1 saturated carbocycles. The second kappa shape index (κ2) is 9.12. The molecule has 1 fully saturated rings. The van der Waals surface area contributed by atoms with Gasteiger partial charge in [-0.2, -0.15) is 9.90 Å². The topological polar surface area (TPSA) is 128 Å². The van der Waals surface area contributed by atoms with E-state index in [1.807, 2.05) is 62.0 Å². The first-order valence-corrected chi connectivity index (χ1v) is 13.0. The zero-order valence-electron chi connectivity index (χ0n) is 22.7. The summed E-state index contributed by atoms with van der Waals surface area (Å²) in [5.74, 6) is 0.258. The van der Waals surface area contributed by atoms with E-state index < -0.39 is 5.60 Å². The molecule has 1 amide bonds. The lowest BCUT2D eigenvalue weighted by molar-refractivity contribution is 0.0570. The lowest BCUT2D eigenvalue weighted by Gasteiger charge is -2.18. The van der Waals surface area contributed by atoms with Gasteiger partial charge in [-0.3, -0.25) is 13.9 Å². The van der Waals surface area contributed by atoms with E-state index in [4.69, 9.17) is 0 Å². The normalized spacial score (nSPS) is 13.8. The number of aryl methyl sites for hydroxylation is 2. The molecule has 200 valence electrons. The number of benzene rings is 1. The molecule has 0 spiro atoms. The number of carbonyl (C=O) groups is 1. The van der Waals surface area contributed by atoms with Gasteiger partial charge in [0, 0.05) is 34.3 Å². The van der Waals surface area contributed by atoms with Crippen molar-refractivity contribution in [1.29, 1.82) is 0 Å². The fourth-order valence-corrected chi connectivity index (χ4v) is 4.81. The summed E-state index contributed by atoms with van der Waals surface area (Å²) in [5.41, 5.74) is 6.24. The summed E-state index contributed by atoms with van der Waals surface area (Å²) in [6.45, 7) is 9.78. The number of aliphatic hydroxyl groups is 1. The molecule has 11 nitrogen and oxygen atoms in total. The molecule has 39 heavy (non-hydrogen) atoms. The summed E-state index contributed by atoms with van der Waals surface area (Å²) in [7, 11) is 0. The molecule has 1 aliphatic carbocycles. The Bertz CT molecular complexity index is 1720. The molecule has 0 saturated heterocycles. The SMILES string of the molecule is Cc1ccc(-c2nnn(C3CC3)n2)cc1NC(=O)c1cnc2ccc(-c3c(C)nn(CC(C)(C)O)c3C)cn12. The fourth-order valence-electron chi connectivity index (χ4n) is 4.81. The van der Waals surface area contributed by atoms with Gasteiger partial charge in [-0.1, -0.05) is 12.1 Å². The van der Waals surface area contributed by atoms with Crippen LogP contribution in [0.15, 0.2) is 42.7 Å². The van der Waals surface area contributed by atoms with E-state index in [1.54, 1.807) is 29.2 Å². The fraction of sp³-hybridized carbons (Fsp3) is 0.357. The summed E-state index contributed by atoms with van der Waals surface area (Å²) >= 11 is 0. The van der Waals surface area contributed by atoms with Crippen molar-refractivity contribution in [2.24, 2.45) is 0 Å². The van der Waals surface area contributed by atoms with Crippen molar-refractivity contribution in [2.75, 3.05) is 5.32 Å². The molecular formula is C28H31N9O2. The number of pyridine rings is 1. The van der Waals surface area contributed by atoms with Gasteiger partial charge in [-0.05, 0) is 76.4 Å². The second-order valence-electron chi connectivity index (χ2n) is 11.0. The number of nitrogens with one attached hydrogen (secondary N) is 1. The predicted octanol–water partition coefficient (Wildman–Crippen LogP) is 4.13. The Labute approximate surface area is 225 Å². The number of hydrogen-bond acceptors (Lipinski definition) is 7. The summed E-state index contributed by atoms with van der Waals surface area (Å²) in [6.07, 6.45) is 5.64. The lowest BCUT2D eigenvalue weighted by atomic mass is 10.1. The predicted molar refractivity (Wildman–Crippen MR) is 146 cm³/mol. The maximum atomic E-state index is 13.5. The molecule has 4 heterocycles. The molecule has 0 radical (unpaired) electrons. The van der Waals surface area contributed by atoms with Crippen LogP contribution >= 0.6 is 0 Å². The van der Waals surface area contributed by atoms with Crippen molar-refractivity contribution >= 4 is 17.2 Å². The Morgan fingerprint density at radius 3 is 2.62 bits per heavy atom. The maximum absolute atomic E-state index is 13.5. The molecule has 1 aromatic carbocycles. The van der Waals surface area contributed by atoms with Crippen LogP contribution in [0.4, 0.5) is 5.69 Å². The number of nitrogens with zero attached hydrogens (tertiary/aromatic N) is 8. The lowest BCUT2D eigenvalue weighted by Crippen LogP contribution is -2.27. The van der Waals surface area contributed by atoms with Crippen LogP contribution in [0.5, 0.6) is 0 Å². The average Bonchev–Trinajstić information content (AvgIpc) is 3.34. The quantitative estimate of drug-likeness (QED) is 0.327. The van der Waals surface area contributed by atoms with Gasteiger partial charge < -0.3 is 10.4 Å². The summed E-state index contributed by atoms with van der Waals surface area (Å²) in [6, 6.07) is 9.96. The largest absolute Gasteiger partial charge is 0.389 e. The van der Waals surface area contributed by atoms with Gasteiger partial charge in [-0.25, -0.2) is 4.98 Å². The highest BCUT2D eigenvalue weighted by Gasteiger charge is 2.27. The van der Waals surface area contributed by atoms with E-state index in [2.05, 4.69) is 30.8 Å². The van der Waals surface area contributed by atoms with E-state index in [-0.39, 0.29) is 5.91 Å². The van der Waals surface area contributed by atoms with Gasteiger partial charge in [0.15, 0.2) is 0 Å². The maximum Gasteiger partial charge on any atom is 0.274 e.